The van der Waals surface area contributed by atoms with Crippen molar-refractivity contribution in [2.45, 2.75) is 19.9 Å². The Morgan fingerprint density at radius 1 is 1.36 bits per heavy atom. The highest BCUT2D eigenvalue weighted by atomic mass is 32.1. The van der Waals surface area contributed by atoms with Crippen molar-refractivity contribution in [2.75, 3.05) is 24.2 Å². The third-order valence-corrected chi connectivity index (χ3v) is 4.22. The van der Waals surface area contributed by atoms with Crippen LogP contribution in [0.25, 0.3) is 0 Å². The summed E-state index contributed by atoms with van der Waals surface area (Å²) in [6, 6.07) is 1.53. The number of fused-ring (bicyclic) bond motifs is 1. The van der Waals surface area contributed by atoms with Gasteiger partial charge in [0.25, 0.3) is 0 Å². The highest BCUT2D eigenvalue weighted by Crippen LogP contribution is 2.27. The molecular formula is C13H15N5O3S. The second-order valence-electron chi connectivity index (χ2n) is 5.11. The number of likely N-dealkylation sites (N-methyl/N-ethyl adjacent to an activating group) is 1. The number of hydrogen-bond acceptors (Lipinski definition) is 7. The molecule has 22 heavy (non-hydrogen) atoms. The van der Waals surface area contributed by atoms with Crippen LogP contribution in [0.3, 0.4) is 0 Å². The van der Waals surface area contributed by atoms with Gasteiger partial charge in [-0.3, -0.25) is 20.2 Å². The number of carbonyl (C=O) groups excluding carboxylic acids is 2. The number of anilines is 2. The van der Waals surface area contributed by atoms with E-state index in [9.17, 15) is 9.59 Å². The highest BCUT2D eigenvalue weighted by molar-refractivity contribution is 7.16. The van der Waals surface area contributed by atoms with Crippen LogP contribution in [0.2, 0.25) is 0 Å². The number of hydrogen-bond donors (Lipinski definition) is 2. The minimum atomic E-state index is -0.807. The van der Waals surface area contributed by atoms with E-state index in [0.29, 0.717) is 10.9 Å². The minimum Gasteiger partial charge on any atom is -0.360 e. The molecule has 3 rings (SSSR count). The second kappa shape index (κ2) is 5.85. The van der Waals surface area contributed by atoms with Crippen molar-refractivity contribution in [3.8, 4) is 0 Å². The first-order valence-electron chi connectivity index (χ1n) is 6.74. The molecule has 2 amide bonds. The molecule has 0 saturated carbocycles. The Bertz CT molecular complexity index is 723. The van der Waals surface area contributed by atoms with Crippen LogP contribution in [0, 0.1) is 6.92 Å². The maximum absolute atomic E-state index is 11.9. The molecule has 0 unspecified atom stereocenters. The quantitative estimate of drug-likeness (QED) is 0.801. The molecular weight excluding hydrogens is 306 g/mol. The van der Waals surface area contributed by atoms with E-state index >= 15 is 0 Å². The van der Waals surface area contributed by atoms with Crippen molar-refractivity contribution >= 4 is 34.1 Å². The molecule has 2 aromatic rings. The summed E-state index contributed by atoms with van der Waals surface area (Å²) in [4.78, 5) is 31.3. The molecule has 1 aliphatic rings. The van der Waals surface area contributed by atoms with Crippen LogP contribution >= 0.6 is 11.3 Å². The molecule has 0 saturated heterocycles. The summed E-state index contributed by atoms with van der Waals surface area (Å²) in [5, 5.41) is 8.93. The summed E-state index contributed by atoms with van der Waals surface area (Å²) in [7, 11) is 2.04. The molecule has 9 heteroatoms. The van der Waals surface area contributed by atoms with E-state index in [4.69, 9.17) is 4.52 Å². The van der Waals surface area contributed by atoms with Crippen molar-refractivity contribution in [3.63, 3.8) is 0 Å². The van der Waals surface area contributed by atoms with E-state index < -0.39 is 11.8 Å². The first-order valence-corrected chi connectivity index (χ1v) is 7.55. The molecule has 0 aliphatic carbocycles. The van der Waals surface area contributed by atoms with E-state index in [1.54, 1.807) is 6.92 Å². The van der Waals surface area contributed by atoms with Gasteiger partial charge in [-0.2, -0.15) is 0 Å². The average Bonchev–Trinajstić information content (AvgIpc) is 3.04. The predicted octanol–water partition coefficient (Wildman–Crippen LogP) is 1.00. The van der Waals surface area contributed by atoms with Gasteiger partial charge in [-0.25, -0.2) is 4.98 Å². The van der Waals surface area contributed by atoms with E-state index in [1.165, 1.54) is 17.4 Å². The number of nitrogens with zero attached hydrogens (tertiary/aromatic N) is 3. The second-order valence-corrected chi connectivity index (χ2v) is 6.19. The first kappa shape index (κ1) is 14.7. The molecule has 8 nitrogen and oxygen atoms in total. The number of aromatic nitrogens is 2. The lowest BCUT2D eigenvalue weighted by molar-refractivity contribution is -0.133. The van der Waals surface area contributed by atoms with Gasteiger partial charge >= 0.3 is 11.8 Å². The molecule has 0 atom stereocenters. The van der Waals surface area contributed by atoms with E-state index in [0.717, 1.165) is 30.1 Å². The van der Waals surface area contributed by atoms with Crippen molar-refractivity contribution in [2.24, 2.45) is 0 Å². The van der Waals surface area contributed by atoms with Gasteiger partial charge in [-0.05, 0) is 14.0 Å². The number of thiazole rings is 1. The molecule has 0 aromatic carbocycles. The first-order chi connectivity index (χ1) is 10.5. The lowest BCUT2D eigenvalue weighted by atomic mass is 10.2. The summed E-state index contributed by atoms with van der Waals surface area (Å²) in [5.41, 5.74) is 0.992. The largest absolute Gasteiger partial charge is 0.360 e. The van der Waals surface area contributed by atoms with Crippen molar-refractivity contribution < 1.29 is 14.1 Å². The van der Waals surface area contributed by atoms with Crippen LogP contribution < -0.4 is 10.6 Å². The van der Waals surface area contributed by atoms with Gasteiger partial charge in [-0.1, -0.05) is 5.16 Å². The summed E-state index contributed by atoms with van der Waals surface area (Å²) in [6.07, 6.45) is 0.850. The van der Waals surface area contributed by atoms with Gasteiger partial charge < -0.3 is 9.42 Å². The predicted molar refractivity (Wildman–Crippen MR) is 80.7 cm³/mol. The van der Waals surface area contributed by atoms with Gasteiger partial charge in [0.1, 0.15) is 5.76 Å². The Morgan fingerprint density at radius 3 is 2.86 bits per heavy atom. The highest BCUT2D eigenvalue weighted by Gasteiger charge is 2.21. The summed E-state index contributed by atoms with van der Waals surface area (Å²) >= 11 is 1.40. The summed E-state index contributed by atoms with van der Waals surface area (Å²) < 4.78 is 4.82. The molecule has 116 valence electrons. The molecule has 0 bridgehead atoms. The van der Waals surface area contributed by atoms with Crippen LogP contribution in [0.5, 0.6) is 0 Å². The van der Waals surface area contributed by atoms with Gasteiger partial charge in [-0.15, -0.1) is 11.3 Å². The number of nitrogens with one attached hydrogen (secondary N) is 2. The van der Waals surface area contributed by atoms with Gasteiger partial charge in [0, 0.05) is 30.5 Å². The SMILES string of the molecule is Cc1cc(NC(=O)C(=O)Nc2nc3c(s2)CN(C)CC3)no1. The lowest BCUT2D eigenvalue weighted by Crippen LogP contribution is -2.29. The number of amides is 2. The van der Waals surface area contributed by atoms with Crippen LogP contribution in [0.4, 0.5) is 10.9 Å². The molecule has 2 aromatic heterocycles. The normalized spacial score (nSPS) is 14.5. The Hall–Kier alpha value is -2.26. The molecule has 2 N–H and O–H groups in total. The van der Waals surface area contributed by atoms with E-state index in [2.05, 4.69) is 25.7 Å². The average molecular weight is 321 g/mol. The molecule has 1 aliphatic heterocycles. The monoisotopic (exact) mass is 321 g/mol. The standard InChI is InChI=1S/C13H15N5O3S/c1-7-5-10(17-21-7)15-11(19)12(20)16-13-14-8-3-4-18(2)6-9(8)22-13/h5H,3-4,6H2,1-2H3,(H,14,16,20)(H,15,17,19). The maximum atomic E-state index is 11.9. The Morgan fingerprint density at radius 2 is 2.14 bits per heavy atom. The minimum absolute atomic E-state index is 0.206. The summed E-state index contributed by atoms with van der Waals surface area (Å²) in [6.45, 7) is 3.45. The van der Waals surface area contributed by atoms with Crippen LogP contribution in [-0.2, 0) is 22.6 Å². The fourth-order valence-corrected chi connectivity index (χ4v) is 3.21. The van der Waals surface area contributed by atoms with Crippen LogP contribution in [0.1, 0.15) is 16.3 Å². The Kier molecular flexibility index (Phi) is 3.90. The van der Waals surface area contributed by atoms with Crippen molar-refractivity contribution in [3.05, 3.63) is 22.4 Å². The zero-order valence-electron chi connectivity index (χ0n) is 12.2. The lowest BCUT2D eigenvalue weighted by Gasteiger charge is -2.20. The van der Waals surface area contributed by atoms with Crippen LogP contribution in [0.15, 0.2) is 10.6 Å². The molecule has 0 fully saturated rings. The molecule has 0 spiro atoms. The number of rotatable bonds is 2. The topological polar surface area (TPSA) is 100 Å². The van der Waals surface area contributed by atoms with Crippen molar-refractivity contribution in [1.29, 1.82) is 0 Å². The number of aryl methyl sites for hydroxylation is 1. The number of carbonyl (C=O) groups is 2. The van der Waals surface area contributed by atoms with E-state index in [-0.39, 0.29) is 5.82 Å². The third-order valence-electron chi connectivity index (χ3n) is 3.22. The molecule has 3 heterocycles. The zero-order chi connectivity index (χ0) is 15.7. The Labute approximate surface area is 130 Å². The fraction of sp³-hybridized carbons (Fsp3) is 0.385. The van der Waals surface area contributed by atoms with Gasteiger partial charge in [0.2, 0.25) is 0 Å². The van der Waals surface area contributed by atoms with Gasteiger partial charge in [0.15, 0.2) is 10.9 Å². The van der Waals surface area contributed by atoms with Crippen LogP contribution in [-0.4, -0.2) is 40.4 Å². The third kappa shape index (κ3) is 3.15. The maximum Gasteiger partial charge on any atom is 0.315 e. The fourth-order valence-electron chi connectivity index (χ4n) is 2.13. The zero-order valence-corrected chi connectivity index (χ0v) is 13.0. The smallest absolute Gasteiger partial charge is 0.315 e. The van der Waals surface area contributed by atoms with E-state index in [1.807, 2.05) is 7.05 Å². The van der Waals surface area contributed by atoms with Gasteiger partial charge in [0.05, 0.1) is 5.69 Å². The van der Waals surface area contributed by atoms with Crippen molar-refractivity contribution in [1.82, 2.24) is 15.0 Å². The Balaban J connectivity index is 1.63. The molecule has 0 radical (unpaired) electrons. The summed E-state index contributed by atoms with van der Waals surface area (Å²) in [5.74, 6) is -0.830.